The second kappa shape index (κ2) is 7.87. The van der Waals surface area contributed by atoms with Crippen LogP contribution in [0.4, 0.5) is 0 Å². The molecule has 0 spiro atoms. The summed E-state index contributed by atoms with van der Waals surface area (Å²) < 4.78 is 0. The van der Waals surface area contributed by atoms with E-state index in [0.717, 1.165) is 48.7 Å². The summed E-state index contributed by atoms with van der Waals surface area (Å²) >= 11 is 0. The first-order valence-electron chi connectivity index (χ1n) is 9.21. The Labute approximate surface area is 150 Å². The van der Waals surface area contributed by atoms with Crippen molar-refractivity contribution in [2.24, 2.45) is 4.99 Å². The Morgan fingerprint density at radius 2 is 2.12 bits per heavy atom. The van der Waals surface area contributed by atoms with Crippen molar-refractivity contribution in [2.75, 3.05) is 20.1 Å². The summed E-state index contributed by atoms with van der Waals surface area (Å²) in [6, 6.07) is 7.39. The molecule has 2 heterocycles. The van der Waals surface area contributed by atoms with Crippen LogP contribution in [0.25, 0.3) is 11.0 Å². The van der Waals surface area contributed by atoms with E-state index >= 15 is 0 Å². The quantitative estimate of drug-likeness (QED) is 0.590. The highest BCUT2D eigenvalue weighted by molar-refractivity contribution is 5.80. The van der Waals surface area contributed by atoms with E-state index in [9.17, 15) is 0 Å². The van der Waals surface area contributed by atoms with Gasteiger partial charge in [-0.05, 0) is 51.3 Å². The van der Waals surface area contributed by atoms with Crippen molar-refractivity contribution in [1.29, 1.82) is 0 Å². The molecule has 1 fully saturated rings. The number of fused-ring (bicyclic) bond motifs is 1. The fraction of sp³-hybridized carbons (Fsp3) is 0.579. The molecule has 0 atom stereocenters. The number of aliphatic imine (C=N–C) groups is 1. The predicted octanol–water partition coefficient (Wildman–Crippen LogP) is 2.41. The highest BCUT2D eigenvalue weighted by Gasteiger charge is 2.21. The molecule has 0 radical (unpaired) electrons. The Morgan fingerprint density at radius 1 is 1.36 bits per heavy atom. The standard InChI is InChI=1S/C19H30N6/c1-13(2)25-9-7-15(8-10-25)22-19(20-4)21-12-18-23-16-6-5-14(3)11-17(16)24-18/h5-6,11,13,15H,7-10,12H2,1-4H3,(H,23,24)(H2,20,21,22). The fourth-order valence-corrected chi connectivity index (χ4v) is 3.38. The van der Waals surface area contributed by atoms with E-state index in [1.54, 1.807) is 0 Å². The summed E-state index contributed by atoms with van der Waals surface area (Å²) in [5.41, 5.74) is 3.33. The maximum Gasteiger partial charge on any atom is 0.191 e. The largest absolute Gasteiger partial charge is 0.354 e. The molecular weight excluding hydrogens is 312 g/mol. The van der Waals surface area contributed by atoms with E-state index < -0.39 is 0 Å². The van der Waals surface area contributed by atoms with Gasteiger partial charge in [-0.1, -0.05) is 6.07 Å². The van der Waals surface area contributed by atoms with Crippen LogP contribution in [-0.2, 0) is 6.54 Å². The zero-order valence-electron chi connectivity index (χ0n) is 15.8. The first-order valence-corrected chi connectivity index (χ1v) is 9.21. The zero-order chi connectivity index (χ0) is 17.8. The van der Waals surface area contributed by atoms with Gasteiger partial charge in [-0.15, -0.1) is 0 Å². The summed E-state index contributed by atoms with van der Waals surface area (Å²) in [6.45, 7) is 9.56. The van der Waals surface area contributed by atoms with Gasteiger partial charge in [0.15, 0.2) is 5.96 Å². The minimum absolute atomic E-state index is 0.486. The van der Waals surface area contributed by atoms with Gasteiger partial charge in [0.1, 0.15) is 5.82 Å². The lowest BCUT2D eigenvalue weighted by molar-refractivity contribution is 0.167. The Kier molecular flexibility index (Phi) is 5.58. The van der Waals surface area contributed by atoms with Crippen LogP contribution in [0.3, 0.4) is 0 Å². The molecular formula is C19H30N6. The third-order valence-electron chi connectivity index (χ3n) is 4.93. The molecule has 0 unspecified atom stereocenters. The number of hydrogen-bond acceptors (Lipinski definition) is 3. The van der Waals surface area contributed by atoms with E-state index in [4.69, 9.17) is 0 Å². The number of rotatable bonds is 4. The Bertz CT molecular complexity index is 725. The smallest absolute Gasteiger partial charge is 0.191 e. The highest BCUT2D eigenvalue weighted by Crippen LogP contribution is 2.14. The Hall–Kier alpha value is -2.08. The van der Waals surface area contributed by atoms with Crippen molar-refractivity contribution in [3.05, 3.63) is 29.6 Å². The van der Waals surface area contributed by atoms with Gasteiger partial charge < -0.3 is 20.5 Å². The SMILES string of the molecule is CN=C(NCc1nc2ccc(C)cc2[nH]1)NC1CCN(C(C)C)CC1. The number of hydrogen-bond donors (Lipinski definition) is 3. The summed E-state index contributed by atoms with van der Waals surface area (Å²) in [4.78, 5) is 14.9. The van der Waals surface area contributed by atoms with Gasteiger partial charge in [0, 0.05) is 32.2 Å². The molecule has 6 nitrogen and oxygen atoms in total. The van der Waals surface area contributed by atoms with E-state index in [2.05, 4.69) is 69.5 Å². The Morgan fingerprint density at radius 3 is 2.80 bits per heavy atom. The topological polar surface area (TPSA) is 68.3 Å². The van der Waals surface area contributed by atoms with E-state index in [-0.39, 0.29) is 0 Å². The Balaban J connectivity index is 1.52. The zero-order valence-corrected chi connectivity index (χ0v) is 15.8. The van der Waals surface area contributed by atoms with Crippen molar-refractivity contribution in [1.82, 2.24) is 25.5 Å². The third kappa shape index (κ3) is 4.51. The fourth-order valence-electron chi connectivity index (χ4n) is 3.38. The summed E-state index contributed by atoms with van der Waals surface area (Å²) in [7, 11) is 1.82. The van der Waals surface area contributed by atoms with E-state index in [1.807, 2.05) is 7.05 Å². The van der Waals surface area contributed by atoms with Crippen LogP contribution in [0.5, 0.6) is 0 Å². The number of benzene rings is 1. The molecule has 6 heteroatoms. The van der Waals surface area contributed by atoms with Gasteiger partial charge in [-0.3, -0.25) is 4.99 Å². The lowest BCUT2D eigenvalue weighted by Gasteiger charge is -2.35. The second-order valence-corrected chi connectivity index (χ2v) is 7.18. The monoisotopic (exact) mass is 342 g/mol. The minimum atomic E-state index is 0.486. The number of guanidine groups is 1. The average Bonchev–Trinajstić information content (AvgIpc) is 3.00. The molecule has 136 valence electrons. The lowest BCUT2D eigenvalue weighted by Crippen LogP contribution is -2.49. The molecule has 25 heavy (non-hydrogen) atoms. The molecule has 2 aromatic rings. The predicted molar refractivity (Wildman–Crippen MR) is 104 cm³/mol. The first kappa shape index (κ1) is 17.7. The van der Waals surface area contributed by atoms with Gasteiger partial charge in [-0.25, -0.2) is 4.98 Å². The number of piperidine rings is 1. The number of aromatic amines is 1. The number of likely N-dealkylation sites (tertiary alicyclic amines) is 1. The maximum atomic E-state index is 4.63. The molecule has 0 saturated carbocycles. The highest BCUT2D eigenvalue weighted by atomic mass is 15.2. The molecule has 1 saturated heterocycles. The number of nitrogens with one attached hydrogen (secondary N) is 3. The third-order valence-corrected chi connectivity index (χ3v) is 4.93. The van der Waals surface area contributed by atoms with Gasteiger partial charge in [0.2, 0.25) is 0 Å². The lowest BCUT2D eigenvalue weighted by atomic mass is 10.0. The first-order chi connectivity index (χ1) is 12.0. The van der Waals surface area contributed by atoms with Crippen molar-refractivity contribution in [2.45, 2.75) is 52.2 Å². The van der Waals surface area contributed by atoms with Crippen LogP contribution in [-0.4, -0.2) is 53.0 Å². The summed E-state index contributed by atoms with van der Waals surface area (Å²) in [5.74, 6) is 1.78. The number of nitrogens with zero attached hydrogens (tertiary/aromatic N) is 3. The van der Waals surface area contributed by atoms with Crippen LogP contribution >= 0.6 is 0 Å². The number of H-pyrrole nitrogens is 1. The van der Waals surface area contributed by atoms with Crippen LogP contribution < -0.4 is 10.6 Å². The number of aryl methyl sites for hydroxylation is 1. The van der Waals surface area contributed by atoms with Crippen molar-refractivity contribution in [3.8, 4) is 0 Å². The summed E-state index contributed by atoms with van der Waals surface area (Å²) in [5, 5.41) is 6.92. The van der Waals surface area contributed by atoms with Crippen molar-refractivity contribution >= 4 is 17.0 Å². The second-order valence-electron chi connectivity index (χ2n) is 7.18. The molecule has 1 aliphatic heterocycles. The van der Waals surface area contributed by atoms with E-state index in [0.29, 0.717) is 18.6 Å². The molecule has 0 aliphatic carbocycles. The van der Waals surface area contributed by atoms with E-state index in [1.165, 1.54) is 5.56 Å². The molecule has 3 rings (SSSR count). The molecule has 1 aromatic carbocycles. The van der Waals surface area contributed by atoms with Crippen molar-refractivity contribution < 1.29 is 0 Å². The molecule has 0 bridgehead atoms. The van der Waals surface area contributed by atoms with Crippen LogP contribution in [0, 0.1) is 6.92 Å². The minimum Gasteiger partial charge on any atom is -0.354 e. The van der Waals surface area contributed by atoms with Gasteiger partial charge >= 0.3 is 0 Å². The molecule has 3 N–H and O–H groups in total. The normalized spacial score (nSPS) is 17.4. The molecule has 1 aromatic heterocycles. The molecule has 1 aliphatic rings. The summed E-state index contributed by atoms with van der Waals surface area (Å²) in [6.07, 6.45) is 2.31. The van der Waals surface area contributed by atoms with Gasteiger partial charge in [-0.2, -0.15) is 0 Å². The number of aromatic nitrogens is 2. The van der Waals surface area contributed by atoms with Crippen LogP contribution in [0.15, 0.2) is 23.2 Å². The van der Waals surface area contributed by atoms with Gasteiger partial charge in [0.05, 0.1) is 17.6 Å². The maximum absolute atomic E-state index is 4.63. The van der Waals surface area contributed by atoms with Crippen LogP contribution in [0.2, 0.25) is 0 Å². The average molecular weight is 342 g/mol. The van der Waals surface area contributed by atoms with Crippen LogP contribution in [0.1, 0.15) is 38.1 Å². The van der Waals surface area contributed by atoms with Gasteiger partial charge in [0.25, 0.3) is 0 Å². The molecule has 0 amide bonds. The van der Waals surface area contributed by atoms with Crippen molar-refractivity contribution in [3.63, 3.8) is 0 Å². The number of imidazole rings is 1.